The minimum absolute atomic E-state index is 0.0344. The van der Waals surface area contributed by atoms with Gasteiger partial charge in [0.1, 0.15) is 5.76 Å². The monoisotopic (exact) mass is 316 g/mol. The molecule has 2 amide bonds. The van der Waals surface area contributed by atoms with Gasteiger partial charge in [-0.15, -0.1) is 11.8 Å². The van der Waals surface area contributed by atoms with Crippen molar-refractivity contribution in [1.29, 1.82) is 0 Å². The minimum atomic E-state index is -0.160. The highest BCUT2D eigenvalue weighted by Gasteiger charge is 2.23. The van der Waals surface area contributed by atoms with Crippen LogP contribution in [0.5, 0.6) is 0 Å². The van der Waals surface area contributed by atoms with Gasteiger partial charge in [-0.1, -0.05) is 0 Å². The first kappa shape index (κ1) is 14.7. The third kappa shape index (κ3) is 3.17. The Morgan fingerprint density at radius 3 is 3.05 bits per heavy atom. The summed E-state index contributed by atoms with van der Waals surface area (Å²) >= 11 is 1.50. The summed E-state index contributed by atoms with van der Waals surface area (Å²) in [5.41, 5.74) is 1.24. The Morgan fingerprint density at radius 1 is 1.41 bits per heavy atom. The molecule has 5 nitrogen and oxygen atoms in total. The molecule has 0 radical (unpaired) electrons. The standard InChI is InChI=1S/C16H16N2O3S/c1-10-15(19)18-13-9-11(4-5-14(13)22-10)16(20)17-7-6-12-3-2-8-21-12/h2-5,8-10H,6-7H2,1H3,(H,17,20)(H,18,19)/t10-/m1/s1. The van der Waals surface area contributed by atoms with E-state index < -0.39 is 0 Å². The van der Waals surface area contributed by atoms with Gasteiger partial charge in [0.2, 0.25) is 5.91 Å². The van der Waals surface area contributed by atoms with Gasteiger partial charge in [0.05, 0.1) is 17.2 Å². The van der Waals surface area contributed by atoms with E-state index in [1.807, 2.05) is 25.1 Å². The zero-order chi connectivity index (χ0) is 15.5. The fourth-order valence-corrected chi connectivity index (χ4v) is 3.14. The predicted octanol–water partition coefficient (Wildman–Crippen LogP) is 2.68. The van der Waals surface area contributed by atoms with E-state index in [9.17, 15) is 9.59 Å². The largest absolute Gasteiger partial charge is 0.469 e. The number of hydrogen-bond acceptors (Lipinski definition) is 4. The zero-order valence-electron chi connectivity index (χ0n) is 12.1. The molecule has 0 saturated heterocycles. The number of rotatable bonds is 4. The molecule has 0 bridgehead atoms. The average molecular weight is 316 g/mol. The first-order valence-electron chi connectivity index (χ1n) is 7.05. The van der Waals surface area contributed by atoms with Gasteiger partial charge < -0.3 is 15.1 Å². The highest BCUT2D eigenvalue weighted by atomic mass is 32.2. The van der Waals surface area contributed by atoms with Crippen molar-refractivity contribution in [2.24, 2.45) is 0 Å². The average Bonchev–Trinajstić information content (AvgIpc) is 3.01. The van der Waals surface area contributed by atoms with Crippen LogP contribution in [0, 0.1) is 0 Å². The van der Waals surface area contributed by atoms with E-state index in [0.717, 1.165) is 10.7 Å². The number of furan rings is 1. The molecular weight excluding hydrogens is 300 g/mol. The highest BCUT2D eigenvalue weighted by Crippen LogP contribution is 2.35. The van der Waals surface area contributed by atoms with Crippen LogP contribution in [0.2, 0.25) is 0 Å². The molecule has 1 atom stereocenters. The molecule has 1 aromatic heterocycles. The number of hydrogen-bond donors (Lipinski definition) is 2. The molecule has 2 aromatic rings. The third-order valence-corrected chi connectivity index (χ3v) is 4.59. The van der Waals surface area contributed by atoms with Gasteiger partial charge in [0.15, 0.2) is 0 Å². The van der Waals surface area contributed by atoms with Gasteiger partial charge in [-0.3, -0.25) is 9.59 Å². The van der Waals surface area contributed by atoms with Gasteiger partial charge in [0, 0.05) is 23.4 Å². The lowest BCUT2D eigenvalue weighted by Gasteiger charge is -2.21. The van der Waals surface area contributed by atoms with Crippen LogP contribution in [0.15, 0.2) is 45.9 Å². The number of amides is 2. The number of anilines is 1. The fourth-order valence-electron chi connectivity index (χ4n) is 2.21. The lowest BCUT2D eigenvalue weighted by molar-refractivity contribution is -0.115. The first-order chi connectivity index (χ1) is 10.6. The van der Waals surface area contributed by atoms with E-state index in [-0.39, 0.29) is 17.1 Å². The molecule has 0 fully saturated rings. The van der Waals surface area contributed by atoms with Gasteiger partial charge in [-0.25, -0.2) is 0 Å². The van der Waals surface area contributed by atoms with Crippen molar-refractivity contribution in [1.82, 2.24) is 5.32 Å². The normalized spacial score (nSPS) is 16.8. The maximum Gasteiger partial charge on any atom is 0.251 e. The number of carbonyl (C=O) groups is 2. The minimum Gasteiger partial charge on any atom is -0.469 e. The second-order valence-electron chi connectivity index (χ2n) is 5.05. The summed E-state index contributed by atoms with van der Waals surface area (Å²) < 4.78 is 5.22. The Hall–Kier alpha value is -2.21. The van der Waals surface area contributed by atoms with E-state index >= 15 is 0 Å². The lowest BCUT2D eigenvalue weighted by atomic mass is 10.1. The Kier molecular flexibility index (Phi) is 4.20. The summed E-state index contributed by atoms with van der Waals surface area (Å²) in [5.74, 6) is 0.642. The Bertz CT molecular complexity index is 697. The molecule has 0 unspecified atom stereocenters. The maximum absolute atomic E-state index is 12.1. The van der Waals surface area contributed by atoms with E-state index in [1.54, 1.807) is 18.4 Å². The zero-order valence-corrected chi connectivity index (χ0v) is 12.9. The molecule has 3 rings (SSSR count). The van der Waals surface area contributed by atoms with Crippen LogP contribution >= 0.6 is 11.8 Å². The van der Waals surface area contributed by atoms with Gasteiger partial charge in [0.25, 0.3) is 5.91 Å². The number of thioether (sulfide) groups is 1. The molecule has 1 aliphatic heterocycles. The van der Waals surface area contributed by atoms with E-state index in [0.29, 0.717) is 24.2 Å². The quantitative estimate of drug-likeness (QED) is 0.910. The molecule has 0 spiro atoms. The molecule has 1 aromatic carbocycles. The van der Waals surface area contributed by atoms with Crippen molar-refractivity contribution in [3.05, 3.63) is 47.9 Å². The van der Waals surface area contributed by atoms with Crippen molar-refractivity contribution in [3.8, 4) is 0 Å². The summed E-state index contributed by atoms with van der Waals surface area (Å²) in [4.78, 5) is 24.8. The molecule has 1 aliphatic rings. The number of carbonyl (C=O) groups excluding carboxylic acids is 2. The van der Waals surface area contributed by atoms with Crippen molar-refractivity contribution in [3.63, 3.8) is 0 Å². The van der Waals surface area contributed by atoms with Crippen LogP contribution in [0.25, 0.3) is 0 Å². The maximum atomic E-state index is 12.1. The van der Waals surface area contributed by atoms with Crippen molar-refractivity contribution in [2.75, 3.05) is 11.9 Å². The van der Waals surface area contributed by atoms with Gasteiger partial charge in [-0.2, -0.15) is 0 Å². The van der Waals surface area contributed by atoms with E-state index in [4.69, 9.17) is 4.42 Å². The van der Waals surface area contributed by atoms with Crippen molar-refractivity contribution < 1.29 is 14.0 Å². The summed E-state index contributed by atoms with van der Waals surface area (Å²) in [6.45, 7) is 2.36. The summed E-state index contributed by atoms with van der Waals surface area (Å²) in [6, 6.07) is 9.06. The van der Waals surface area contributed by atoms with Crippen molar-refractivity contribution in [2.45, 2.75) is 23.5 Å². The molecule has 2 heterocycles. The van der Waals surface area contributed by atoms with Crippen LogP contribution < -0.4 is 10.6 Å². The van der Waals surface area contributed by atoms with Gasteiger partial charge >= 0.3 is 0 Å². The second-order valence-corrected chi connectivity index (χ2v) is 6.43. The molecule has 114 valence electrons. The van der Waals surface area contributed by atoms with Crippen LogP contribution in [-0.4, -0.2) is 23.6 Å². The van der Waals surface area contributed by atoms with Crippen LogP contribution in [-0.2, 0) is 11.2 Å². The first-order valence-corrected chi connectivity index (χ1v) is 7.93. The topological polar surface area (TPSA) is 71.3 Å². The molecular formula is C16H16N2O3S. The Balaban J connectivity index is 1.63. The molecule has 22 heavy (non-hydrogen) atoms. The fraction of sp³-hybridized carbons (Fsp3) is 0.250. The molecule has 2 N–H and O–H groups in total. The SMILES string of the molecule is C[C@H]1Sc2ccc(C(=O)NCCc3ccco3)cc2NC1=O. The molecule has 0 aliphatic carbocycles. The second kappa shape index (κ2) is 6.27. The number of fused-ring (bicyclic) bond motifs is 1. The summed E-state index contributed by atoms with van der Waals surface area (Å²) in [6.07, 6.45) is 2.26. The van der Waals surface area contributed by atoms with Gasteiger partial charge in [-0.05, 0) is 37.3 Å². The molecule has 6 heteroatoms. The third-order valence-electron chi connectivity index (χ3n) is 3.41. The van der Waals surface area contributed by atoms with Crippen LogP contribution in [0.4, 0.5) is 5.69 Å². The lowest BCUT2D eigenvalue weighted by Crippen LogP contribution is -2.28. The Labute approximate surface area is 132 Å². The summed E-state index contributed by atoms with van der Waals surface area (Å²) in [7, 11) is 0. The number of nitrogens with one attached hydrogen (secondary N) is 2. The number of benzene rings is 1. The van der Waals surface area contributed by atoms with Crippen molar-refractivity contribution >= 4 is 29.3 Å². The molecule has 0 saturated carbocycles. The summed E-state index contributed by atoms with van der Waals surface area (Å²) in [5, 5.41) is 5.56. The van der Waals surface area contributed by atoms with E-state index in [2.05, 4.69) is 10.6 Å². The van der Waals surface area contributed by atoms with E-state index in [1.165, 1.54) is 11.8 Å². The Morgan fingerprint density at radius 2 is 2.27 bits per heavy atom. The van der Waals surface area contributed by atoms with Crippen LogP contribution in [0.1, 0.15) is 23.0 Å². The highest BCUT2D eigenvalue weighted by molar-refractivity contribution is 8.00. The smallest absolute Gasteiger partial charge is 0.251 e. The predicted molar refractivity (Wildman–Crippen MR) is 85.1 cm³/mol. The van der Waals surface area contributed by atoms with Crippen LogP contribution in [0.3, 0.4) is 0 Å².